The predicted octanol–water partition coefficient (Wildman–Crippen LogP) is 4.49. The minimum atomic E-state index is -0.301. The van der Waals surface area contributed by atoms with Crippen molar-refractivity contribution in [2.45, 2.75) is 19.4 Å². The van der Waals surface area contributed by atoms with Crippen molar-refractivity contribution in [3.05, 3.63) is 63.9 Å². The van der Waals surface area contributed by atoms with E-state index >= 15 is 0 Å². The zero-order valence-corrected chi connectivity index (χ0v) is 13.8. The lowest BCUT2D eigenvalue weighted by Crippen LogP contribution is -2.14. The summed E-state index contributed by atoms with van der Waals surface area (Å²) in [7, 11) is 1.95. The Bertz CT molecular complexity index is 586. The van der Waals surface area contributed by atoms with Crippen LogP contribution in [0.4, 0.5) is 4.39 Å². The average molecular weight is 352 g/mol. The highest BCUT2D eigenvalue weighted by atomic mass is 79.9. The molecule has 1 unspecified atom stereocenters. The Morgan fingerprint density at radius 2 is 1.90 bits per heavy atom. The van der Waals surface area contributed by atoms with Crippen molar-refractivity contribution in [2.24, 2.45) is 0 Å². The third-order valence-electron chi connectivity index (χ3n) is 3.35. The smallest absolute Gasteiger partial charge is 0.136 e. The largest absolute Gasteiger partial charge is 0.488 e. The highest BCUT2D eigenvalue weighted by molar-refractivity contribution is 9.10. The van der Waals surface area contributed by atoms with Gasteiger partial charge < -0.3 is 10.1 Å². The third kappa shape index (κ3) is 4.55. The number of rotatable bonds is 6. The fraction of sp³-hybridized carbons (Fsp3) is 0.294. The number of likely N-dealkylation sites (N-methyl/N-ethyl adjacent to an activating group) is 1. The van der Waals surface area contributed by atoms with E-state index in [1.54, 1.807) is 6.07 Å². The minimum Gasteiger partial charge on any atom is -0.488 e. The second kappa shape index (κ2) is 7.57. The standard InChI is InChI=1S/C17H19BrFNO/c1-12(10-20-2)14-5-3-13(4-6-14)11-21-17-9-15(19)7-8-16(17)18/h3-9,12,20H,10-11H2,1-2H3. The molecule has 0 saturated carbocycles. The van der Waals surface area contributed by atoms with Crippen LogP contribution in [-0.4, -0.2) is 13.6 Å². The van der Waals surface area contributed by atoms with Gasteiger partial charge in [0, 0.05) is 12.6 Å². The molecule has 0 amide bonds. The van der Waals surface area contributed by atoms with Crippen molar-refractivity contribution in [3.8, 4) is 5.75 Å². The van der Waals surface area contributed by atoms with Crippen LogP contribution >= 0.6 is 15.9 Å². The maximum Gasteiger partial charge on any atom is 0.136 e. The predicted molar refractivity (Wildman–Crippen MR) is 87.2 cm³/mol. The fourth-order valence-corrected chi connectivity index (χ4v) is 2.48. The first kappa shape index (κ1) is 16.0. The molecule has 0 bridgehead atoms. The zero-order chi connectivity index (χ0) is 15.2. The third-order valence-corrected chi connectivity index (χ3v) is 4.00. The summed E-state index contributed by atoms with van der Waals surface area (Å²) in [5.41, 5.74) is 2.35. The maximum absolute atomic E-state index is 13.2. The van der Waals surface area contributed by atoms with E-state index < -0.39 is 0 Å². The normalized spacial score (nSPS) is 12.2. The summed E-state index contributed by atoms with van der Waals surface area (Å²) in [5.74, 6) is 0.689. The second-order valence-corrected chi connectivity index (χ2v) is 5.92. The summed E-state index contributed by atoms with van der Waals surface area (Å²) >= 11 is 3.35. The van der Waals surface area contributed by atoms with Crippen molar-refractivity contribution >= 4 is 15.9 Å². The minimum absolute atomic E-state index is 0.301. The molecule has 0 aliphatic rings. The van der Waals surface area contributed by atoms with E-state index in [9.17, 15) is 4.39 Å². The Morgan fingerprint density at radius 1 is 1.19 bits per heavy atom. The van der Waals surface area contributed by atoms with Gasteiger partial charge in [-0.1, -0.05) is 31.2 Å². The van der Waals surface area contributed by atoms with Gasteiger partial charge >= 0.3 is 0 Å². The van der Waals surface area contributed by atoms with Gasteiger partial charge in [-0.05, 0) is 52.2 Å². The van der Waals surface area contributed by atoms with Gasteiger partial charge in [0.15, 0.2) is 0 Å². The SMILES string of the molecule is CNCC(C)c1ccc(COc2cc(F)ccc2Br)cc1. The van der Waals surface area contributed by atoms with Crippen LogP contribution in [-0.2, 0) is 6.61 Å². The first-order valence-corrected chi connectivity index (χ1v) is 7.70. The Morgan fingerprint density at radius 3 is 2.57 bits per heavy atom. The summed E-state index contributed by atoms with van der Waals surface area (Å²) in [6.45, 7) is 3.56. The van der Waals surface area contributed by atoms with E-state index in [4.69, 9.17) is 4.74 Å². The van der Waals surface area contributed by atoms with E-state index in [0.717, 1.165) is 16.6 Å². The summed E-state index contributed by atoms with van der Waals surface area (Å²) in [5, 5.41) is 3.17. The fourth-order valence-electron chi connectivity index (χ4n) is 2.12. The molecule has 0 spiro atoms. The van der Waals surface area contributed by atoms with Crippen molar-refractivity contribution in [1.29, 1.82) is 0 Å². The Balaban J connectivity index is 1.99. The molecule has 0 aromatic heterocycles. The molecule has 1 atom stereocenters. The number of ether oxygens (including phenoxy) is 1. The Kier molecular flexibility index (Phi) is 5.76. The van der Waals surface area contributed by atoms with E-state index in [0.29, 0.717) is 18.3 Å². The topological polar surface area (TPSA) is 21.3 Å². The summed E-state index contributed by atoms with van der Waals surface area (Å²) in [6.07, 6.45) is 0. The lowest BCUT2D eigenvalue weighted by molar-refractivity contribution is 0.302. The van der Waals surface area contributed by atoms with Crippen molar-refractivity contribution in [1.82, 2.24) is 5.32 Å². The Hall–Kier alpha value is -1.39. The molecule has 2 aromatic rings. The number of hydrogen-bond acceptors (Lipinski definition) is 2. The average Bonchev–Trinajstić information content (AvgIpc) is 2.49. The summed E-state index contributed by atoms with van der Waals surface area (Å²) in [4.78, 5) is 0. The lowest BCUT2D eigenvalue weighted by Gasteiger charge is -2.12. The van der Waals surface area contributed by atoms with Gasteiger partial charge in [-0.15, -0.1) is 0 Å². The monoisotopic (exact) mass is 351 g/mol. The molecule has 0 aliphatic heterocycles. The lowest BCUT2D eigenvalue weighted by atomic mass is 10.00. The maximum atomic E-state index is 13.2. The van der Waals surface area contributed by atoms with Gasteiger partial charge in [0.05, 0.1) is 4.47 Å². The number of nitrogens with one attached hydrogen (secondary N) is 1. The molecule has 21 heavy (non-hydrogen) atoms. The quantitative estimate of drug-likeness (QED) is 0.827. The molecule has 0 fully saturated rings. The van der Waals surface area contributed by atoms with Gasteiger partial charge in [0.1, 0.15) is 18.2 Å². The molecule has 1 N–H and O–H groups in total. The molecule has 112 valence electrons. The first-order chi connectivity index (χ1) is 10.1. The van der Waals surface area contributed by atoms with E-state index in [1.807, 2.05) is 7.05 Å². The summed E-state index contributed by atoms with van der Waals surface area (Å²) < 4.78 is 19.6. The van der Waals surface area contributed by atoms with Crippen LogP contribution in [0.25, 0.3) is 0 Å². The molecule has 2 nitrogen and oxygen atoms in total. The van der Waals surface area contributed by atoms with Crippen molar-refractivity contribution in [3.63, 3.8) is 0 Å². The highest BCUT2D eigenvalue weighted by Gasteiger charge is 2.06. The van der Waals surface area contributed by atoms with Crippen LogP contribution in [0.1, 0.15) is 24.0 Å². The van der Waals surface area contributed by atoms with Gasteiger partial charge in [0.25, 0.3) is 0 Å². The number of halogens is 2. The molecule has 0 heterocycles. The first-order valence-electron chi connectivity index (χ1n) is 6.91. The summed E-state index contributed by atoms with van der Waals surface area (Å²) in [6, 6.07) is 12.8. The zero-order valence-electron chi connectivity index (χ0n) is 12.2. The highest BCUT2D eigenvalue weighted by Crippen LogP contribution is 2.26. The van der Waals surface area contributed by atoms with Crippen molar-refractivity contribution < 1.29 is 9.13 Å². The van der Waals surface area contributed by atoms with E-state index in [1.165, 1.54) is 17.7 Å². The van der Waals surface area contributed by atoms with Crippen LogP contribution in [0.2, 0.25) is 0 Å². The van der Waals surface area contributed by atoms with Crippen LogP contribution in [0.5, 0.6) is 5.75 Å². The van der Waals surface area contributed by atoms with Crippen LogP contribution in [0.15, 0.2) is 46.9 Å². The van der Waals surface area contributed by atoms with E-state index in [2.05, 4.69) is 52.4 Å². The van der Waals surface area contributed by atoms with Crippen LogP contribution < -0.4 is 10.1 Å². The Labute approximate surface area is 133 Å². The molecule has 0 aliphatic carbocycles. The van der Waals surface area contributed by atoms with Gasteiger partial charge in [-0.3, -0.25) is 0 Å². The van der Waals surface area contributed by atoms with E-state index in [-0.39, 0.29) is 5.82 Å². The number of hydrogen-bond donors (Lipinski definition) is 1. The molecule has 2 rings (SSSR count). The molecule has 2 aromatic carbocycles. The molecule has 4 heteroatoms. The van der Waals surface area contributed by atoms with Crippen LogP contribution in [0, 0.1) is 5.82 Å². The molecular weight excluding hydrogens is 333 g/mol. The van der Waals surface area contributed by atoms with Gasteiger partial charge in [0.2, 0.25) is 0 Å². The number of benzene rings is 2. The van der Waals surface area contributed by atoms with Gasteiger partial charge in [-0.25, -0.2) is 4.39 Å². The molecule has 0 radical (unpaired) electrons. The second-order valence-electron chi connectivity index (χ2n) is 5.06. The molecule has 0 saturated heterocycles. The van der Waals surface area contributed by atoms with Gasteiger partial charge in [-0.2, -0.15) is 0 Å². The molecular formula is C17H19BrFNO. The van der Waals surface area contributed by atoms with Crippen molar-refractivity contribution in [2.75, 3.05) is 13.6 Å². The van der Waals surface area contributed by atoms with Crippen LogP contribution in [0.3, 0.4) is 0 Å².